The van der Waals surface area contributed by atoms with Crippen LogP contribution in [0, 0.1) is 0 Å². The van der Waals surface area contributed by atoms with Crippen LogP contribution in [0.1, 0.15) is 10.5 Å². The molecule has 0 saturated heterocycles. The summed E-state index contributed by atoms with van der Waals surface area (Å²) in [5.74, 6) is -0.994. The Kier molecular flexibility index (Phi) is 2.07. The Bertz CT molecular complexity index is 421. The van der Waals surface area contributed by atoms with E-state index in [1.807, 2.05) is 0 Å². The van der Waals surface area contributed by atoms with E-state index in [4.69, 9.17) is 5.11 Å². The number of hydrogen-bond donors (Lipinski definition) is 1. The van der Waals surface area contributed by atoms with E-state index < -0.39 is 5.97 Å². The molecule has 4 nitrogen and oxygen atoms in total. The first-order chi connectivity index (χ1) is 6.27. The fourth-order valence-electron chi connectivity index (χ4n) is 0.807. The van der Waals surface area contributed by atoms with Crippen LogP contribution in [0.25, 0.3) is 9.88 Å². The quantitative estimate of drug-likeness (QED) is 0.826. The second kappa shape index (κ2) is 3.23. The second-order valence-corrected chi connectivity index (χ2v) is 3.95. The topological polar surface area (TPSA) is 63.1 Å². The van der Waals surface area contributed by atoms with Crippen LogP contribution in [0.3, 0.4) is 0 Å². The molecule has 0 bridgehead atoms. The summed E-state index contributed by atoms with van der Waals surface area (Å²) < 4.78 is 0. The van der Waals surface area contributed by atoms with Gasteiger partial charge < -0.3 is 5.11 Å². The first kappa shape index (κ1) is 8.33. The predicted octanol–water partition coefficient (Wildman–Crippen LogP) is 1.96. The van der Waals surface area contributed by atoms with Crippen LogP contribution in [0.15, 0.2) is 17.1 Å². The van der Waals surface area contributed by atoms with Gasteiger partial charge in [-0.25, -0.2) is 9.78 Å². The van der Waals surface area contributed by atoms with Gasteiger partial charge in [0.15, 0.2) is 5.69 Å². The van der Waals surface area contributed by atoms with E-state index in [0.717, 1.165) is 4.88 Å². The zero-order valence-electron chi connectivity index (χ0n) is 6.30. The maximum absolute atomic E-state index is 10.5. The summed E-state index contributed by atoms with van der Waals surface area (Å²) in [6, 6.07) is 0. The molecule has 2 heterocycles. The number of hydrogen-bond acceptors (Lipinski definition) is 5. The minimum Gasteiger partial charge on any atom is -0.476 e. The van der Waals surface area contributed by atoms with Crippen LogP contribution in [0.2, 0.25) is 0 Å². The molecule has 0 saturated carbocycles. The highest BCUT2D eigenvalue weighted by Crippen LogP contribution is 2.26. The Morgan fingerprint density at radius 3 is 2.85 bits per heavy atom. The van der Waals surface area contributed by atoms with E-state index >= 15 is 0 Å². The average molecular weight is 212 g/mol. The summed E-state index contributed by atoms with van der Waals surface area (Å²) in [6.07, 6.45) is 1.68. The van der Waals surface area contributed by atoms with E-state index in [1.54, 1.807) is 11.7 Å². The SMILES string of the molecule is O=C(O)c1csc(-c2cncs2)n1. The first-order valence-electron chi connectivity index (χ1n) is 3.35. The van der Waals surface area contributed by atoms with E-state index in [1.165, 1.54) is 28.1 Å². The normalized spacial score (nSPS) is 10.2. The third kappa shape index (κ3) is 1.58. The Hall–Kier alpha value is -1.27. The maximum atomic E-state index is 10.5. The average Bonchev–Trinajstić information content (AvgIpc) is 2.75. The van der Waals surface area contributed by atoms with E-state index in [-0.39, 0.29) is 5.69 Å². The lowest BCUT2D eigenvalue weighted by Crippen LogP contribution is -1.95. The van der Waals surface area contributed by atoms with Gasteiger partial charge in [-0.3, -0.25) is 4.98 Å². The van der Waals surface area contributed by atoms with Gasteiger partial charge in [0.1, 0.15) is 5.01 Å². The van der Waals surface area contributed by atoms with Crippen LogP contribution in [0.5, 0.6) is 0 Å². The molecule has 0 atom stereocenters. The largest absolute Gasteiger partial charge is 0.476 e. The van der Waals surface area contributed by atoms with Crippen molar-refractivity contribution >= 4 is 28.6 Å². The number of aromatic nitrogens is 2. The van der Waals surface area contributed by atoms with Crippen molar-refractivity contribution in [1.29, 1.82) is 0 Å². The molecule has 66 valence electrons. The number of aromatic carboxylic acids is 1. The Balaban J connectivity index is 2.39. The van der Waals surface area contributed by atoms with Gasteiger partial charge in [0.05, 0.1) is 10.4 Å². The van der Waals surface area contributed by atoms with Gasteiger partial charge in [0, 0.05) is 11.6 Å². The van der Waals surface area contributed by atoms with Crippen molar-refractivity contribution in [3.63, 3.8) is 0 Å². The van der Waals surface area contributed by atoms with Crippen LogP contribution < -0.4 is 0 Å². The lowest BCUT2D eigenvalue weighted by molar-refractivity contribution is 0.0691. The molecule has 2 rings (SSSR count). The van der Waals surface area contributed by atoms with Gasteiger partial charge in [0.2, 0.25) is 0 Å². The number of carbonyl (C=O) groups is 1. The summed E-state index contributed by atoms with van der Waals surface area (Å²) >= 11 is 2.76. The molecule has 0 aliphatic rings. The molecule has 0 aliphatic carbocycles. The lowest BCUT2D eigenvalue weighted by Gasteiger charge is -1.84. The number of rotatable bonds is 2. The standard InChI is InChI=1S/C7H4N2O2S2/c10-7(11)4-2-12-6(9-4)5-1-8-3-13-5/h1-3H,(H,10,11). The summed E-state index contributed by atoms with van der Waals surface area (Å²) in [4.78, 5) is 19.2. The van der Waals surface area contributed by atoms with E-state index in [0.29, 0.717) is 5.01 Å². The third-order valence-corrected chi connectivity index (χ3v) is 3.15. The van der Waals surface area contributed by atoms with Crippen LogP contribution >= 0.6 is 22.7 Å². The molecule has 13 heavy (non-hydrogen) atoms. The van der Waals surface area contributed by atoms with Crippen molar-refractivity contribution in [2.75, 3.05) is 0 Å². The minimum absolute atomic E-state index is 0.0911. The smallest absolute Gasteiger partial charge is 0.355 e. The van der Waals surface area contributed by atoms with Crippen molar-refractivity contribution < 1.29 is 9.90 Å². The number of carboxylic acid groups (broad SMARTS) is 1. The zero-order valence-corrected chi connectivity index (χ0v) is 7.93. The van der Waals surface area contributed by atoms with E-state index in [9.17, 15) is 4.79 Å². The summed E-state index contributed by atoms with van der Waals surface area (Å²) in [5.41, 5.74) is 1.78. The molecule has 2 aromatic heterocycles. The minimum atomic E-state index is -0.994. The summed E-state index contributed by atoms with van der Waals surface area (Å²) in [5, 5.41) is 10.9. The number of nitrogens with zero attached hydrogens (tertiary/aromatic N) is 2. The molecule has 0 amide bonds. The molecule has 0 aromatic carbocycles. The molecule has 0 aliphatic heterocycles. The summed E-state index contributed by atoms with van der Waals surface area (Å²) in [7, 11) is 0. The highest BCUT2D eigenvalue weighted by molar-refractivity contribution is 7.20. The van der Waals surface area contributed by atoms with Crippen LogP contribution in [-0.4, -0.2) is 21.0 Å². The Morgan fingerprint density at radius 1 is 1.46 bits per heavy atom. The molecular weight excluding hydrogens is 208 g/mol. The highest BCUT2D eigenvalue weighted by Gasteiger charge is 2.10. The third-order valence-electron chi connectivity index (χ3n) is 1.37. The van der Waals surface area contributed by atoms with Crippen LogP contribution in [0.4, 0.5) is 0 Å². The van der Waals surface area contributed by atoms with Gasteiger partial charge in [0.25, 0.3) is 0 Å². The molecule has 0 radical (unpaired) electrons. The predicted molar refractivity (Wildman–Crippen MR) is 50.2 cm³/mol. The van der Waals surface area contributed by atoms with Crippen molar-refractivity contribution in [3.8, 4) is 9.88 Å². The fraction of sp³-hybridized carbons (Fsp3) is 0. The molecule has 1 N–H and O–H groups in total. The molecule has 0 unspecified atom stereocenters. The Morgan fingerprint density at radius 2 is 2.31 bits per heavy atom. The van der Waals surface area contributed by atoms with E-state index in [2.05, 4.69) is 9.97 Å². The molecule has 0 spiro atoms. The molecule has 2 aromatic rings. The van der Waals surface area contributed by atoms with Gasteiger partial charge in [-0.15, -0.1) is 22.7 Å². The summed E-state index contributed by atoms with van der Waals surface area (Å²) in [6.45, 7) is 0. The second-order valence-electron chi connectivity index (χ2n) is 2.21. The highest BCUT2D eigenvalue weighted by atomic mass is 32.1. The van der Waals surface area contributed by atoms with Gasteiger partial charge >= 0.3 is 5.97 Å². The molecule has 6 heteroatoms. The molecule has 0 fully saturated rings. The van der Waals surface area contributed by atoms with Crippen molar-refractivity contribution in [1.82, 2.24) is 9.97 Å². The Labute approximate surface area is 81.5 Å². The fourth-order valence-corrected chi connectivity index (χ4v) is 2.30. The number of carboxylic acids is 1. The number of thiazole rings is 2. The van der Waals surface area contributed by atoms with Crippen LogP contribution in [-0.2, 0) is 0 Å². The van der Waals surface area contributed by atoms with Gasteiger partial charge in [-0.2, -0.15) is 0 Å². The first-order valence-corrected chi connectivity index (χ1v) is 5.11. The monoisotopic (exact) mass is 212 g/mol. The zero-order chi connectivity index (χ0) is 9.26. The lowest BCUT2D eigenvalue weighted by atomic mass is 10.5. The van der Waals surface area contributed by atoms with Gasteiger partial charge in [-0.1, -0.05) is 0 Å². The van der Waals surface area contributed by atoms with Gasteiger partial charge in [-0.05, 0) is 0 Å². The van der Waals surface area contributed by atoms with Crippen molar-refractivity contribution in [3.05, 3.63) is 22.8 Å². The molecular formula is C7H4N2O2S2. The van der Waals surface area contributed by atoms with Crippen molar-refractivity contribution in [2.45, 2.75) is 0 Å². The maximum Gasteiger partial charge on any atom is 0.355 e. The van der Waals surface area contributed by atoms with Crippen molar-refractivity contribution in [2.24, 2.45) is 0 Å².